The fourth-order valence-electron chi connectivity index (χ4n) is 8.86. The normalized spacial score (nSPS) is 13.0. The van der Waals surface area contributed by atoms with Crippen molar-refractivity contribution in [1.82, 2.24) is 14.7 Å². The van der Waals surface area contributed by atoms with Gasteiger partial charge in [-0.3, -0.25) is 19.4 Å². The van der Waals surface area contributed by atoms with E-state index in [9.17, 15) is 9.59 Å². The summed E-state index contributed by atoms with van der Waals surface area (Å²) >= 11 is 0. The Morgan fingerprint density at radius 3 is 1.29 bits per heavy atom. The van der Waals surface area contributed by atoms with Gasteiger partial charge in [0.1, 0.15) is 11.9 Å². The van der Waals surface area contributed by atoms with Crippen molar-refractivity contribution < 1.29 is 23.8 Å². The zero-order chi connectivity index (χ0) is 48.2. The van der Waals surface area contributed by atoms with Crippen LogP contribution < -0.4 is 4.74 Å². The molecular formula is C58H111N3O5. The summed E-state index contributed by atoms with van der Waals surface area (Å²) < 4.78 is 15.1. The molecule has 0 spiro atoms. The number of carbonyl (C=O) groups is 2. The molecule has 0 N–H and O–H groups in total. The Balaban J connectivity index is 0.00000111. The molecule has 1 aromatic rings. The number of nitrogens with zero attached hydrogens (tertiary/aromatic N) is 3. The van der Waals surface area contributed by atoms with Crippen molar-refractivity contribution in [2.75, 3.05) is 66.1 Å². The summed E-state index contributed by atoms with van der Waals surface area (Å²) in [6.07, 6.45) is 43.6. The van der Waals surface area contributed by atoms with Gasteiger partial charge in [0.2, 0.25) is 0 Å². The van der Waals surface area contributed by atoms with E-state index in [0.717, 1.165) is 31.6 Å². The van der Waals surface area contributed by atoms with Crippen LogP contribution in [-0.4, -0.2) is 99.8 Å². The Kier molecular flexibility index (Phi) is 50.5. The second-order valence-electron chi connectivity index (χ2n) is 19.4. The summed E-state index contributed by atoms with van der Waals surface area (Å²) in [7, 11) is 1.73. The molecular weight excluding hydrogens is 819 g/mol. The average Bonchev–Trinajstić information content (AvgIpc) is 3.34. The molecule has 1 saturated heterocycles. The largest absolute Gasteiger partial charge is 0.497 e. The number of unbranched alkanes of at least 4 members (excludes halogenated alkanes) is 26. The minimum Gasteiger partial charge on any atom is -0.497 e. The van der Waals surface area contributed by atoms with E-state index in [0.29, 0.717) is 19.6 Å². The van der Waals surface area contributed by atoms with Gasteiger partial charge in [-0.05, 0) is 75.7 Å². The second kappa shape index (κ2) is 52.2. The van der Waals surface area contributed by atoms with Crippen molar-refractivity contribution in [3.05, 3.63) is 29.8 Å². The summed E-state index contributed by atoms with van der Waals surface area (Å²) in [6, 6.07) is 8.56. The highest BCUT2D eigenvalue weighted by Gasteiger charge is 2.18. The van der Waals surface area contributed by atoms with Crippen LogP contribution in [0.3, 0.4) is 0 Å². The van der Waals surface area contributed by atoms with Crippen LogP contribution in [0.5, 0.6) is 5.75 Å². The molecule has 0 aliphatic carbocycles. The van der Waals surface area contributed by atoms with E-state index in [1.165, 1.54) is 251 Å². The monoisotopic (exact) mass is 930 g/mol. The van der Waals surface area contributed by atoms with Crippen molar-refractivity contribution >= 4 is 12.9 Å². The minimum absolute atomic E-state index is 0.171. The van der Waals surface area contributed by atoms with Crippen LogP contribution in [0.1, 0.15) is 252 Å². The van der Waals surface area contributed by atoms with Gasteiger partial charge in [-0.25, -0.2) is 0 Å². The Morgan fingerprint density at radius 2 is 0.879 bits per heavy atom. The number of hydrogen-bond donors (Lipinski definition) is 0. The quantitative estimate of drug-likeness (QED) is 0.0473. The van der Waals surface area contributed by atoms with Crippen LogP contribution in [0.4, 0.5) is 0 Å². The maximum absolute atomic E-state index is 10.5. The molecule has 2 rings (SSSR count). The Morgan fingerprint density at radius 1 is 0.485 bits per heavy atom. The van der Waals surface area contributed by atoms with Gasteiger partial charge in [0.25, 0.3) is 12.9 Å². The van der Waals surface area contributed by atoms with Gasteiger partial charge >= 0.3 is 0 Å². The number of methoxy groups -OCH3 is 1. The molecule has 1 aliphatic heterocycles. The lowest BCUT2D eigenvalue weighted by molar-refractivity contribution is -0.134. The van der Waals surface area contributed by atoms with Crippen molar-refractivity contribution in [2.45, 2.75) is 259 Å². The molecule has 66 heavy (non-hydrogen) atoms. The molecule has 1 heterocycles. The number of carbonyl (C=O) groups excluding carboxylic acids is 2. The van der Waals surface area contributed by atoms with E-state index >= 15 is 0 Å². The van der Waals surface area contributed by atoms with Crippen LogP contribution in [0, 0.1) is 0 Å². The molecule has 0 bridgehead atoms. The smallest absolute Gasteiger partial charge is 0.293 e. The first-order valence-corrected chi connectivity index (χ1v) is 28.5. The van der Waals surface area contributed by atoms with Gasteiger partial charge < -0.3 is 19.1 Å². The summed E-state index contributed by atoms with van der Waals surface area (Å²) in [5, 5.41) is 0. The predicted octanol–water partition coefficient (Wildman–Crippen LogP) is 15.8. The van der Waals surface area contributed by atoms with E-state index in [-0.39, 0.29) is 6.10 Å². The van der Waals surface area contributed by atoms with Crippen molar-refractivity contribution in [2.24, 2.45) is 0 Å². The SMILES string of the molecule is CCCCCCCCC(CCCCCCCC)OC=O.CCCCCCCCCOC=O.CCCCCCCCN(CCCCCCCC)CCN1CCN(Cc2ccc(OC)cc2)CC1. The van der Waals surface area contributed by atoms with Gasteiger partial charge in [0.15, 0.2) is 0 Å². The number of ether oxygens (including phenoxy) is 3. The molecule has 0 amide bonds. The molecule has 0 saturated carbocycles. The topological polar surface area (TPSA) is 71.6 Å². The van der Waals surface area contributed by atoms with Crippen LogP contribution in [0.2, 0.25) is 0 Å². The van der Waals surface area contributed by atoms with E-state index < -0.39 is 0 Å². The third-order valence-corrected chi connectivity index (χ3v) is 13.4. The van der Waals surface area contributed by atoms with Crippen LogP contribution in [0.25, 0.3) is 0 Å². The molecule has 1 aliphatic rings. The Bertz CT molecular complexity index is 1070. The highest BCUT2D eigenvalue weighted by molar-refractivity contribution is 5.37. The Labute approximate surface area is 410 Å². The molecule has 0 aromatic heterocycles. The zero-order valence-electron chi connectivity index (χ0n) is 44.8. The van der Waals surface area contributed by atoms with Crippen LogP contribution in [-0.2, 0) is 25.6 Å². The van der Waals surface area contributed by atoms with Crippen molar-refractivity contribution in [3.8, 4) is 5.75 Å². The molecule has 1 fully saturated rings. The maximum Gasteiger partial charge on any atom is 0.293 e. The number of hydrogen-bond acceptors (Lipinski definition) is 8. The average molecular weight is 931 g/mol. The highest BCUT2D eigenvalue weighted by Crippen LogP contribution is 2.18. The summed E-state index contributed by atoms with van der Waals surface area (Å²) in [5.41, 5.74) is 1.39. The number of piperazine rings is 1. The van der Waals surface area contributed by atoms with Gasteiger partial charge in [0, 0.05) is 45.8 Å². The predicted molar refractivity (Wildman–Crippen MR) is 285 cm³/mol. The molecule has 0 radical (unpaired) electrons. The third-order valence-electron chi connectivity index (χ3n) is 13.4. The Hall–Kier alpha value is -2.16. The lowest BCUT2D eigenvalue weighted by Gasteiger charge is -2.36. The first-order chi connectivity index (χ1) is 32.5. The summed E-state index contributed by atoms with van der Waals surface area (Å²) in [4.78, 5) is 28.4. The van der Waals surface area contributed by atoms with Gasteiger partial charge in [0.05, 0.1) is 13.7 Å². The summed E-state index contributed by atoms with van der Waals surface area (Å²) in [5.74, 6) is 0.944. The molecule has 1 aromatic carbocycles. The fraction of sp³-hybridized carbons (Fsp3) is 0.862. The van der Waals surface area contributed by atoms with Crippen LogP contribution >= 0.6 is 0 Å². The zero-order valence-corrected chi connectivity index (χ0v) is 44.8. The van der Waals surface area contributed by atoms with E-state index in [1.807, 2.05) is 0 Å². The molecule has 388 valence electrons. The fourth-order valence-corrected chi connectivity index (χ4v) is 8.86. The second-order valence-corrected chi connectivity index (χ2v) is 19.4. The van der Waals surface area contributed by atoms with Gasteiger partial charge in [-0.1, -0.05) is 214 Å². The summed E-state index contributed by atoms with van der Waals surface area (Å²) in [6.45, 7) is 24.0. The standard InChI is InChI=1S/C30H55N3O.C18H36O2.C10H20O2/c1-4-6-8-10-12-14-20-31(21-15-13-11-9-7-5-2)22-23-32-24-26-33(27-25-32)28-29-16-18-30(34-3)19-17-29;1-3-5-7-9-11-13-15-18(20-17-19)16-14-12-10-8-6-4-2;1-2-3-4-5-6-7-8-9-12-10-11/h16-19H,4-15,20-28H2,1-3H3;17-18H,3-16H2,1-2H3;10H,2-9H2,1H3. The van der Waals surface area contributed by atoms with Crippen molar-refractivity contribution in [3.63, 3.8) is 0 Å². The van der Waals surface area contributed by atoms with Crippen molar-refractivity contribution in [1.29, 1.82) is 0 Å². The lowest BCUT2D eigenvalue weighted by atomic mass is 10.0. The maximum atomic E-state index is 10.5. The van der Waals surface area contributed by atoms with Gasteiger partial charge in [-0.15, -0.1) is 0 Å². The molecule has 8 heteroatoms. The molecule has 0 unspecified atom stereocenters. The van der Waals surface area contributed by atoms with Crippen LogP contribution in [0.15, 0.2) is 24.3 Å². The minimum atomic E-state index is 0.171. The number of benzene rings is 1. The van der Waals surface area contributed by atoms with E-state index in [1.54, 1.807) is 7.11 Å². The number of rotatable bonds is 45. The molecule has 0 atom stereocenters. The van der Waals surface area contributed by atoms with E-state index in [2.05, 4.69) is 78.3 Å². The van der Waals surface area contributed by atoms with Gasteiger partial charge in [-0.2, -0.15) is 0 Å². The first-order valence-electron chi connectivity index (χ1n) is 28.5. The van der Waals surface area contributed by atoms with E-state index in [4.69, 9.17) is 9.47 Å². The highest BCUT2D eigenvalue weighted by atomic mass is 16.5. The molecule has 8 nitrogen and oxygen atoms in total. The lowest BCUT2D eigenvalue weighted by Crippen LogP contribution is -2.48. The first kappa shape index (κ1) is 63.8. The third kappa shape index (κ3) is 43.1.